The second kappa shape index (κ2) is 8.70. The number of hydrazine groups is 1. The second-order valence-electron chi connectivity index (χ2n) is 8.05. The molecule has 0 saturated carbocycles. The molecule has 1 aromatic heterocycles. The molecule has 3 aromatic rings. The Morgan fingerprint density at radius 2 is 1.97 bits per heavy atom. The van der Waals surface area contributed by atoms with Gasteiger partial charge in [-0.3, -0.25) is 4.79 Å². The van der Waals surface area contributed by atoms with Crippen molar-refractivity contribution in [1.82, 2.24) is 9.58 Å². The molecule has 1 aliphatic heterocycles. The van der Waals surface area contributed by atoms with Crippen molar-refractivity contribution in [1.29, 1.82) is 0 Å². The second-order valence-corrected chi connectivity index (χ2v) is 8.05. The third kappa shape index (κ3) is 3.98. The average molecular weight is 443 g/mol. The summed E-state index contributed by atoms with van der Waals surface area (Å²) in [6, 6.07) is 8.28. The van der Waals surface area contributed by atoms with Crippen LogP contribution in [0.4, 0.5) is 13.2 Å². The Balaban J connectivity index is 1.64. The SMILES string of the molecule is C/C=C(/Cc1ccc(F)c(F)c1)N(N)C1CCc2c(CC(=O)O)c3cccc(F)c3n2C1. The number of hydrogen-bond acceptors (Lipinski definition) is 3. The van der Waals surface area contributed by atoms with Crippen LogP contribution in [0.15, 0.2) is 48.2 Å². The molecular formula is C24H24F3N3O2. The van der Waals surface area contributed by atoms with Gasteiger partial charge in [-0.05, 0) is 49.1 Å². The number of hydrogen-bond donors (Lipinski definition) is 2. The maximum Gasteiger partial charge on any atom is 0.307 e. The first-order valence-electron chi connectivity index (χ1n) is 10.4. The highest BCUT2D eigenvalue weighted by molar-refractivity contribution is 5.89. The number of aliphatic carboxylic acids is 1. The first-order valence-corrected chi connectivity index (χ1v) is 10.4. The van der Waals surface area contributed by atoms with Gasteiger partial charge in [-0.2, -0.15) is 0 Å². The van der Waals surface area contributed by atoms with Crippen LogP contribution < -0.4 is 5.84 Å². The third-order valence-corrected chi connectivity index (χ3v) is 6.12. The molecule has 2 heterocycles. The lowest BCUT2D eigenvalue weighted by Gasteiger charge is -2.35. The van der Waals surface area contributed by atoms with Gasteiger partial charge < -0.3 is 14.7 Å². The van der Waals surface area contributed by atoms with Crippen molar-refractivity contribution in [2.45, 2.75) is 45.2 Å². The predicted molar refractivity (Wildman–Crippen MR) is 115 cm³/mol. The van der Waals surface area contributed by atoms with Crippen molar-refractivity contribution in [3.8, 4) is 0 Å². The fourth-order valence-corrected chi connectivity index (χ4v) is 4.59. The van der Waals surface area contributed by atoms with E-state index in [1.807, 2.05) is 17.6 Å². The molecule has 0 aliphatic carbocycles. The third-order valence-electron chi connectivity index (χ3n) is 6.12. The van der Waals surface area contributed by atoms with Crippen LogP contribution in [0.2, 0.25) is 0 Å². The Morgan fingerprint density at radius 1 is 1.19 bits per heavy atom. The number of carbonyl (C=O) groups is 1. The Kier molecular flexibility index (Phi) is 5.97. The summed E-state index contributed by atoms with van der Waals surface area (Å²) >= 11 is 0. The van der Waals surface area contributed by atoms with Crippen LogP contribution in [0.5, 0.6) is 0 Å². The van der Waals surface area contributed by atoms with Gasteiger partial charge in [-0.25, -0.2) is 19.0 Å². The average Bonchev–Trinajstić information content (AvgIpc) is 3.07. The molecule has 5 nitrogen and oxygen atoms in total. The minimum absolute atomic E-state index is 0.171. The van der Waals surface area contributed by atoms with Crippen LogP contribution in [0.3, 0.4) is 0 Å². The molecular weight excluding hydrogens is 419 g/mol. The topological polar surface area (TPSA) is 71.5 Å². The summed E-state index contributed by atoms with van der Waals surface area (Å²) in [4.78, 5) is 11.4. The van der Waals surface area contributed by atoms with Crippen LogP contribution in [-0.4, -0.2) is 26.7 Å². The van der Waals surface area contributed by atoms with Crippen molar-refractivity contribution < 1.29 is 23.1 Å². The summed E-state index contributed by atoms with van der Waals surface area (Å²) in [5, 5.41) is 11.6. The molecule has 8 heteroatoms. The number of allylic oxidation sites excluding steroid dienone is 2. The normalized spacial score (nSPS) is 16.3. The number of halogens is 3. The number of benzene rings is 2. The molecule has 4 rings (SSSR count). The van der Waals surface area contributed by atoms with Gasteiger partial charge >= 0.3 is 5.97 Å². The molecule has 0 spiro atoms. The standard InChI is InChI=1S/C24H24F3N3O2/c1-2-15(10-14-6-8-19(25)21(27)11-14)30(28)16-7-9-22-18(12-23(31)32)17-4-3-5-20(26)24(17)29(22)13-16/h2-6,8,11,16H,7,9-10,12-13,28H2,1H3,(H,31,32)/b15-2-. The smallest absolute Gasteiger partial charge is 0.307 e. The Bertz CT molecular complexity index is 1220. The number of aromatic nitrogens is 1. The predicted octanol–water partition coefficient (Wildman–Crippen LogP) is 4.32. The van der Waals surface area contributed by atoms with Crippen LogP contribution in [-0.2, 0) is 30.6 Å². The molecule has 32 heavy (non-hydrogen) atoms. The largest absolute Gasteiger partial charge is 0.481 e. The number of carboxylic acids is 1. The van der Waals surface area contributed by atoms with E-state index in [1.54, 1.807) is 17.1 Å². The summed E-state index contributed by atoms with van der Waals surface area (Å²) < 4.78 is 43.4. The Labute approximate surface area is 183 Å². The molecule has 0 fully saturated rings. The van der Waals surface area contributed by atoms with Crippen LogP contribution in [0.25, 0.3) is 10.9 Å². The van der Waals surface area contributed by atoms with Crippen molar-refractivity contribution in [3.05, 3.63) is 82.4 Å². The van der Waals surface area contributed by atoms with Crippen LogP contribution >= 0.6 is 0 Å². The van der Waals surface area contributed by atoms with Crippen molar-refractivity contribution in [2.24, 2.45) is 5.84 Å². The quantitative estimate of drug-likeness (QED) is 0.440. The van der Waals surface area contributed by atoms with Gasteiger partial charge in [0.1, 0.15) is 5.82 Å². The van der Waals surface area contributed by atoms with Crippen LogP contribution in [0.1, 0.15) is 30.2 Å². The van der Waals surface area contributed by atoms with Gasteiger partial charge in [0.05, 0.1) is 18.0 Å². The van der Waals surface area contributed by atoms with Gasteiger partial charge in [-0.1, -0.05) is 24.3 Å². The summed E-state index contributed by atoms with van der Waals surface area (Å²) in [5.41, 5.74) is 3.17. The number of rotatable bonds is 6. The summed E-state index contributed by atoms with van der Waals surface area (Å²) in [5.74, 6) is 3.26. The highest BCUT2D eigenvalue weighted by atomic mass is 19.2. The molecule has 168 valence electrons. The lowest BCUT2D eigenvalue weighted by molar-refractivity contribution is -0.136. The summed E-state index contributed by atoms with van der Waals surface area (Å²) in [7, 11) is 0. The molecule has 0 radical (unpaired) electrons. The lowest BCUT2D eigenvalue weighted by atomic mass is 9.99. The zero-order valence-electron chi connectivity index (χ0n) is 17.6. The molecule has 1 atom stereocenters. The molecule has 2 aromatic carbocycles. The van der Waals surface area contributed by atoms with E-state index < -0.39 is 23.4 Å². The highest BCUT2D eigenvalue weighted by Crippen LogP contribution is 2.34. The van der Waals surface area contributed by atoms with Gasteiger partial charge in [-0.15, -0.1) is 0 Å². The molecule has 0 amide bonds. The van der Waals surface area contributed by atoms with Crippen molar-refractivity contribution in [3.63, 3.8) is 0 Å². The number of nitrogens with two attached hydrogens (primary N) is 1. The lowest BCUT2D eigenvalue weighted by Crippen LogP contribution is -2.45. The Morgan fingerprint density at radius 3 is 2.66 bits per heavy atom. The summed E-state index contributed by atoms with van der Waals surface area (Å²) in [6.07, 6.45) is 3.17. The molecule has 0 bridgehead atoms. The maximum atomic E-state index is 14.7. The van der Waals surface area contributed by atoms with Gasteiger partial charge in [0.15, 0.2) is 11.6 Å². The molecule has 1 unspecified atom stereocenters. The summed E-state index contributed by atoms with van der Waals surface area (Å²) in [6.45, 7) is 2.21. The van der Waals surface area contributed by atoms with Crippen LogP contribution in [0, 0.1) is 17.5 Å². The van der Waals surface area contributed by atoms with Gasteiger partial charge in [0.25, 0.3) is 0 Å². The number of fused-ring (bicyclic) bond motifs is 3. The minimum atomic E-state index is -0.963. The van der Waals surface area contributed by atoms with E-state index in [0.717, 1.165) is 23.5 Å². The Hall–Kier alpha value is -3.26. The van der Waals surface area contributed by atoms with E-state index in [1.165, 1.54) is 12.1 Å². The minimum Gasteiger partial charge on any atom is -0.481 e. The van der Waals surface area contributed by atoms with E-state index in [4.69, 9.17) is 5.84 Å². The number of nitrogens with zero attached hydrogens (tertiary/aromatic N) is 2. The van der Waals surface area contributed by atoms with E-state index in [0.29, 0.717) is 47.8 Å². The number of para-hydroxylation sites is 1. The van der Waals surface area contributed by atoms with E-state index in [2.05, 4.69) is 0 Å². The fraction of sp³-hybridized carbons (Fsp3) is 0.292. The number of carboxylic acid groups (broad SMARTS) is 1. The van der Waals surface area contributed by atoms with Crippen molar-refractivity contribution >= 4 is 16.9 Å². The van der Waals surface area contributed by atoms with Crippen molar-refractivity contribution in [2.75, 3.05) is 0 Å². The maximum absolute atomic E-state index is 14.7. The molecule has 0 saturated heterocycles. The first kappa shape index (κ1) is 22.0. The molecule has 3 N–H and O–H groups in total. The van der Waals surface area contributed by atoms with Gasteiger partial charge in [0, 0.05) is 29.7 Å². The van der Waals surface area contributed by atoms with E-state index in [9.17, 15) is 23.1 Å². The highest BCUT2D eigenvalue weighted by Gasteiger charge is 2.30. The van der Waals surface area contributed by atoms with E-state index >= 15 is 0 Å². The zero-order valence-corrected chi connectivity index (χ0v) is 17.6. The monoisotopic (exact) mass is 443 g/mol. The molecule has 1 aliphatic rings. The van der Waals surface area contributed by atoms with Gasteiger partial charge in [0.2, 0.25) is 0 Å². The van der Waals surface area contributed by atoms with E-state index in [-0.39, 0.29) is 12.5 Å². The zero-order chi connectivity index (χ0) is 23.0. The fourth-order valence-electron chi connectivity index (χ4n) is 4.59. The first-order chi connectivity index (χ1) is 15.3.